The highest BCUT2D eigenvalue weighted by Crippen LogP contribution is 2.31. The summed E-state index contributed by atoms with van der Waals surface area (Å²) in [5.74, 6) is 0.393. The van der Waals surface area contributed by atoms with Crippen LogP contribution >= 0.6 is 34.8 Å². The Bertz CT molecular complexity index is 992. The highest BCUT2D eigenvalue weighted by Gasteiger charge is 2.14. The van der Waals surface area contributed by atoms with Crippen LogP contribution in [0.2, 0.25) is 15.1 Å². The van der Waals surface area contributed by atoms with Crippen molar-refractivity contribution in [2.45, 2.75) is 4.90 Å². The van der Waals surface area contributed by atoms with Crippen LogP contribution in [-0.4, -0.2) is 18.5 Å². The highest BCUT2D eigenvalue weighted by molar-refractivity contribution is 7.79. The summed E-state index contributed by atoms with van der Waals surface area (Å²) in [5.41, 5.74) is 0.536. The molecule has 1 unspecified atom stereocenters. The van der Waals surface area contributed by atoms with E-state index in [0.717, 1.165) is 0 Å². The molecular weight excluding hydrogens is 409 g/mol. The SMILES string of the molecule is O=c1cc(Nc2ccc(S(=O)O)cc2)[nH]n1-c1c(Cl)cc(Cl)cc1Cl. The summed E-state index contributed by atoms with van der Waals surface area (Å²) in [4.78, 5) is 12.5. The molecule has 1 aromatic heterocycles. The van der Waals surface area contributed by atoms with Crippen molar-refractivity contribution in [2.75, 3.05) is 5.32 Å². The summed E-state index contributed by atoms with van der Waals surface area (Å²) >= 11 is 16.1. The summed E-state index contributed by atoms with van der Waals surface area (Å²) in [6, 6.07) is 10.5. The number of nitrogens with zero attached hydrogens (tertiary/aromatic N) is 1. The summed E-state index contributed by atoms with van der Waals surface area (Å²) < 4.78 is 21.2. The van der Waals surface area contributed by atoms with E-state index in [9.17, 15) is 9.00 Å². The maximum atomic E-state index is 12.2. The summed E-state index contributed by atoms with van der Waals surface area (Å²) in [5, 5.41) is 6.65. The van der Waals surface area contributed by atoms with Gasteiger partial charge in [-0.2, -0.15) is 0 Å². The number of benzene rings is 2. The molecule has 1 atom stereocenters. The first kappa shape index (κ1) is 18.0. The van der Waals surface area contributed by atoms with Crippen LogP contribution in [0.4, 0.5) is 11.5 Å². The molecule has 6 nitrogen and oxygen atoms in total. The van der Waals surface area contributed by atoms with Crippen molar-refractivity contribution < 1.29 is 8.76 Å². The number of aromatic nitrogens is 2. The van der Waals surface area contributed by atoms with Crippen molar-refractivity contribution in [3.8, 4) is 5.69 Å². The lowest BCUT2D eigenvalue weighted by atomic mass is 10.3. The molecule has 3 rings (SSSR count). The molecule has 0 spiro atoms. The van der Waals surface area contributed by atoms with Crippen molar-refractivity contribution in [3.63, 3.8) is 0 Å². The van der Waals surface area contributed by atoms with Crippen molar-refractivity contribution in [2.24, 2.45) is 0 Å². The minimum atomic E-state index is -2.05. The van der Waals surface area contributed by atoms with Gasteiger partial charge >= 0.3 is 0 Å². The third kappa shape index (κ3) is 3.91. The smallest absolute Gasteiger partial charge is 0.273 e. The Kier molecular flexibility index (Phi) is 5.21. The second-order valence-electron chi connectivity index (χ2n) is 4.96. The van der Waals surface area contributed by atoms with Crippen LogP contribution in [0.1, 0.15) is 0 Å². The van der Waals surface area contributed by atoms with Gasteiger partial charge in [-0.05, 0) is 36.4 Å². The van der Waals surface area contributed by atoms with Crippen LogP contribution in [0.25, 0.3) is 5.69 Å². The first-order valence-electron chi connectivity index (χ1n) is 6.80. The third-order valence-corrected chi connectivity index (χ3v) is 4.73. The molecule has 2 aromatic carbocycles. The van der Waals surface area contributed by atoms with Gasteiger partial charge < -0.3 is 9.87 Å². The molecule has 0 amide bonds. The predicted octanol–water partition coefficient (Wildman–Crippen LogP) is 4.45. The van der Waals surface area contributed by atoms with E-state index in [2.05, 4.69) is 10.4 Å². The Labute approximate surface area is 159 Å². The Balaban J connectivity index is 1.93. The van der Waals surface area contributed by atoms with Crippen molar-refractivity contribution in [1.82, 2.24) is 9.78 Å². The van der Waals surface area contributed by atoms with Crippen LogP contribution in [-0.2, 0) is 11.1 Å². The second kappa shape index (κ2) is 7.23. The zero-order valence-electron chi connectivity index (χ0n) is 12.3. The summed E-state index contributed by atoms with van der Waals surface area (Å²) in [7, 11) is 0. The number of anilines is 2. The lowest BCUT2D eigenvalue weighted by Gasteiger charge is -2.08. The molecule has 3 aromatic rings. The van der Waals surface area contributed by atoms with Gasteiger partial charge in [-0.1, -0.05) is 34.8 Å². The van der Waals surface area contributed by atoms with E-state index in [1.807, 2.05) is 0 Å². The molecule has 10 heteroatoms. The summed E-state index contributed by atoms with van der Waals surface area (Å²) in [6.45, 7) is 0. The molecule has 0 fully saturated rings. The quantitative estimate of drug-likeness (QED) is 0.546. The zero-order chi connectivity index (χ0) is 18.1. The Hall–Kier alpha value is -1.77. The standard InChI is InChI=1S/C15H10Cl3N3O3S/c16-8-5-11(17)15(12(18)6-8)21-14(22)7-13(20-21)19-9-1-3-10(4-2-9)25(23)24/h1-7,19-20H,(H,23,24). The van der Waals surface area contributed by atoms with Crippen LogP contribution in [0.3, 0.4) is 0 Å². The largest absolute Gasteiger partial charge is 0.341 e. The molecular formula is C15H10Cl3N3O3S. The lowest BCUT2D eigenvalue weighted by Crippen LogP contribution is -2.14. The normalized spacial score (nSPS) is 12.2. The molecule has 0 bridgehead atoms. The van der Waals surface area contributed by atoms with E-state index in [4.69, 9.17) is 39.4 Å². The van der Waals surface area contributed by atoms with Crippen molar-refractivity contribution in [1.29, 1.82) is 0 Å². The molecule has 0 aliphatic carbocycles. The van der Waals surface area contributed by atoms with E-state index in [0.29, 0.717) is 16.5 Å². The molecule has 25 heavy (non-hydrogen) atoms. The fourth-order valence-corrected chi connectivity index (χ4v) is 3.54. The van der Waals surface area contributed by atoms with Gasteiger partial charge in [0.1, 0.15) is 11.5 Å². The van der Waals surface area contributed by atoms with Gasteiger partial charge in [-0.3, -0.25) is 9.89 Å². The van der Waals surface area contributed by atoms with Gasteiger partial charge in [0.25, 0.3) is 5.56 Å². The Morgan fingerprint density at radius 3 is 2.20 bits per heavy atom. The highest BCUT2D eigenvalue weighted by atomic mass is 35.5. The van der Waals surface area contributed by atoms with E-state index in [1.54, 1.807) is 12.1 Å². The van der Waals surface area contributed by atoms with Gasteiger partial charge in [0, 0.05) is 16.8 Å². The van der Waals surface area contributed by atoms with Crippen LogP contribution in [0, 0.1) is 0 Å². The van der Waals surface area contributed by atoms with E-state index < -0.39 is 11.1 Å². The van der Waals surface area contributed by atoms with Crippen LogP contribution < -0.4 is 10.9 Å². The number of aromatic amines is 1. The van der Waals surface area contributed by atoms with Crippen LogP contribution in [0.5, 0.6) is 0 Å². The maximum Gasteiger partial charge on any atom is 0.273 e. The molecule has 1 heterocycles. The van der Waals surface area contributed by atoms with Gasteiger partial charge in [0.15, 0.2) is 11.1 Å². The van der Waals surface area contributed by atoms with Gasteiger partial charge in [0.2, 0.25) is 0 Å². The third-order valence-electron chi connectivity index (χ3n) is 3.26. The fraction of sp³-hybridized carbons (Fsp3) is 0. The van der Waals surface area contributed by atoms with Gasteiger partial charge in [-0.25, -0.2) is 8.89 Å². The summed E-state index contributed by atoms with van der Waals surface area (Å²) in [6.07, 6.45) is 0. The molecule has 130 valence electrons. The Morgan fingerprint density at radius 1 is 1.04 bits per heavy atom. The number of rotatable bonds is 4. The predicted molar refractivity (Wildman–Crippen MR) is 100 cm³/mol. The molecule has 3 N–H and O–H groups in total. The van der Waals surface area contributed by atoms with Gasteiger partial charge in [-0.15, -0.1) is 0 Å². The number of halogens is 3. The van der Waals surface area contributed by atoms with Gasteiger partial charge in [0.05, 0.1) is 14.9 Å². The monoisotopic (exact) mass is 417 g/mol. The van der Waals surface area contributed by atoms with E-state index >= 15 is 0 Å². The van der Waals surface area contributed by atoms with Crippen molar-refractivity contribution >= 4 is 57.4 Å². The first-order chi connectivity index (χ1) is 11.8. The molecule has 0 saturated carbocycles. The first-order valence-corrected chi connectivity index (χ1v) is 9.04. The number of H-pyrrole nitrogens is 1. The molecule has 0 aliphatic rings. The Morgan fingerprint density at radius 2 is 1.64 bits per heavy atom. The second-order valence-corrected chi connectivity index (χ2v) is 7.18. The number of hydrogen-bond acceptors (Lipinski definition) is 3. The average Bonchev–Trinajstić information content (AvgIpc) is 2.87. The number of hydrogen-bond donors (Lipinski definition) is 3. The minimum absolute atomic E-state index is 0.225. The van der Waals surface area contributed by atoms with E-state index in [-0.39, 0.29) is 26.2 Å². The number of nitrogens with one attached hydrogen (secondary N) is 2. The molecule has 0 aliphatic heterocycles. The maximum absolute atomic E-state index is 12.2. The van der Waals surface area contributed by atoms with Crippen molar-refractivity contribution in [3.05, 3.63) is 67.9 Å². The van der Waals surface area contributed by atoms with Crippen LogP contribution in [0.15, 0.2) is 52.2 Å². The fourth-order valence-electron chi connectivity index (χ4n) is 2.18. The van der Waals surface area contributed by atoms with E-state index in [1.165, 1.54) is 35.0 Å². The molecule has 0 saturated heterocycles. The zero-order valence-corrected chi connectivity index (χ0v) is 15.4. The lowest BCUT2D eigenvalue weighted by molar-refractivity contribution is 0.564. The minimum Gasteiger partial charge on any atom is -0.341 e. The topological polar surface area (TPSA) is 87.1 Å². The molecule has 0 radical (unpaired) electrons. The average molecular weight is 419 g/mol.